The van der Waals surface area contributed by atoms with Crippen LogP contribution in [0, 0.1) is 6.92 Å². The van der Waals surface area contributed by atoms with E-state index in [1.54, 1.807) is 0 Å². The van der Waals surface area contributed by atoms with Crippen LogP contribution in [0.5, 0.6) is 11.5 Å². The number of nitrogens with zero attached hydrogens (tertiary/aromatic N) is 2. The minimum Gasteiger partial charge on any atom is -0.454 e. The molecule has 1 N–H and O–H groups in total. The molecule has 1 aromatic rings. The zero-order valence-electron chi connectivity index (χ0n) is 13.5. The van der Waals surface area contributed by atoms with Crippen molar-refractivity contribution in [2.24, 2.45) is 0 Å². The molecular weight excluding hydrogens is 296 g/mol. The Bertz CT molecular complexity index is 574. The van der Waals surface area contributed by atoms with Gasteiger partial charge >= 0.3 is 0 Å². The van der Waals surface area contributed by atoms with Gasteiger partial charge in [0.05, 0.1) is 19.3 Å². The molecule has 0 bridgehead atoms. The smallest absolute Gasteiger partial charge is 0.231 e. The van der Waals surface area contributed by atoms with Gasteiger partial charge in [0.1, 0.15) is 0 Å². The molecule has 0 spiro atoms. The molecule has 1 aromatic carbocycles. The lowest BCUT2D eigenvalue weighted by Gasteiger charge is -2.33. The summed E-state index contributed by atoms with van der Waals surface area (Å²) in [6, 6.07) is 4.34. The number of morpholine rings is 1. The Balaban J connectivity index is 1.44. The maximum absolute atomic E-state index is 10.4. The summed E-state index contributed by atoms with van der Waals surface area (Å²) in [4.78, 5) is 4.69. The van der Waals surface area contributed by atoms with Gasteiger partial charge in [-0.1, -0.05) is 0 Å². The Kier molecular flexibility index (Phi) is 4.15. The third-order valence-corrected chi connectivity index (χ3v) is 5.07. The van der Waals surface area contributed by atoms with Crippen molar-refractivity contribution in [1.29, 1.82) is 0 Å². The highest BCUT2D eigenvalue weighted by molar-refractivity contribution is 5.48. The maximum Gasteiger partial charge on any atom is 0.231 e. The summed E-state index contributed by atoms with van der Waals surface area (Å²) in [6.45, 7) is 8.22. The topological polar surface area (TPSA) is 54.4 Å². The van der Waals surface area contributed by atoms with Crippen molar-refractivity contribution >= 4 is 0 Å². The van der Waals surface area contributed by atoms with Crippen molar-refractivity contribution in [3.05, 3.63) is 23.3 Å². The number of fused-ring (bicyclic) bond motifs is 1. The van der Waals surface area contributed by atoms with E-state index in [1.165, 1.54) is 11.1 Å². The first-order valence-corrected chi connectivity index (χ1v) is 8.32. The van der Waals surface area contributed by atoms with Gasteiger partial charge in [0.2, 0.25) is 6.79 Å². The summed E-state index contributed by atoms with van der Waals surface area (Å²) in [6.07, 6.45) is -0.289. The Morgan fingerprint density at radius 3 is 2.65 bits per heavy atom. The van der Waals surface area contributed by atoms with Gasteiger partial charge in [-0.05, 0) is 30.2 Å². The molecular formula is C17H24N2O4. The van der Waals surface area contributed by atoms with E-state index in [-0.39, 0.29) is 12.1 Å². The summed E-state index contributed by atoms with van der Waals surface area (Å²) in [7, 11) is 0. The van der Waals surface area contributed by atoms with Crippen LogP contribution in [0.3, 0.4) is 0 Å². The van der Waals surface area contributed by atoms with Gasteiger partial charge < -0.3 is 19.3 Å². The fourth-order valence-electron chi connectivity index (χ4n) is 3.74. The number of aryl methyl sites for hydroxylation is 1. The molecule has 0 radical (unpaired) electrons. The van der Waals surface area contributed by atoms with Crippen molar-refractivity contribution in [2.75, 3.05) is 46.2 Å². The van der Waals surface area contributed by atoms with Crippen molar-refractivity contribution in [3.63, 3.8) is 0 Å². The van der Waals surface area contributed by atoms with Gasteiger partial charge in [0, 0.05) is 38.8 Å². The molecule has 3 aliphatic heterocycles. The molecule has 6 heteroatoms. The first-order valence-electron chi connectivity index (χ1n) is 8.32. The predicted octanol–water partition coefficient (Wildman–Crippen LogP) is 0.601. The number of aliphatic hydroxyl groups is 1. The van der Waals surface area contributed by atoms with Crippen LogP contribution in [-0.4, -0.2) is 73.2 Å². The van der Waals surface area contributed by atoms with E-state index >= 15 is 0 Å². The molecule has 0 unspecified atom stereocenters. The fourth-order valence-corrected chi connectivity index (χ4v) is 3.74. The molecule has 23 heavy (non-hydrogen) atoms. The molecule has 0 aliphatic carbocycles. The lowest BCUT2D eigenvalue weighted by Crippen LogP contribution is -2.48. The highest BCUT2D eigenvalue weighted by Crippen LogP contribution is 2.35. The molecule has 4 rings (SSSR count). The van der Waals surface area contributed by atoms with E-state index in [1.807, 2.05) is 6.07 Å². The first-order chi connectivity index (χ1) is 11.2. The summed E-state index contributed by atoms with van der Waals surface area (Å²) < 4.78 is 16.3. The number of aliphatic hydroxyl groups excluding tert-OH is 1. The summed E-state index contributed by atoms with van der Waals surface area (Å²) >= 11 is 0. The highest BCUT2D eigenvalue weighted by Gasteiger charge is 2.36. The van der Waals surface area contributed by atoms with E-state index in [2.05, 4.69) is 22.8 Å². The van der Waals surface area contributed by atoms with Crippen LogP contribution in [-0.2, 0) is 11.3 Å². The summed E-state index contributed by atoms with van der Waals surface area (Å²) in [5.41, 5.74) is 2.45. The fraction of sp³-hybridized carbons (Fsp3) is 0.647. The average Bonchev–Trinajstić information content (AvgIpc) is 3.15. The molecule has 126 valence electrons. The molecule has 0 aromatic heterocycles. The van der Waals surface area contributed by atoms with Crippen LogP contribution in [0.2, 0.25) is 0 Å². The van der Waals surface area contributed by atoms with Crippen LogP contribution in [0.4, 0.5) is 0 Å². The van der Waals surface area contributed by atoms with Crippen molar-refractivity contribution in [2.45, 2.75) is 25.6 Å². The van der Waals surface area contributed by atoms with E-state index in [9.17, 15) is 5.11 Å². The molecule has 2 atom stereocenters. The van der Waals surface area contributed by atoms with Gasteiger partial charge in [0.25, 0.3) is 0 Å². The second-order valence-electron chi connectivity index (χ2n) is 6.61. The van der Waals surface area contributed by atoms with Crippen LogP contribution < -0.4 is 9.47 Å². The van der Waals surface area contributed by atoms with Crippen molar-refractivity contribution in [3.8, 4) is 11.5 Å². The molecule has 0 amide bonds. The number of ether oxygens (including phenoxy) is 3. The minimum atomic E-state index is -0.289. The highest BCUT2D eigenvalue weighted by atomic mass is 16.7. The number of hydrogen-bond acceptors (Lipinski definition) is 6. The number of rotatable bonds is 3. The minimum absolute atomic E-state index is 0.216. The van der Waals surface area contributed by atoms with Crippen LogP contribution in [0.25, 0.3) is 0 Å². The van der Waals surface area contributed by atoms with Gasteiger partial charge in [-0.3, -0.25) is 9.80 Å². The number of β-amino-alcohol motifs (C(OH)–C–C–N with tert-alkyl or cyclic N) is 1. The normalized spacial score (nSPS) is 28.4. The van der Waals surface area contributed by atoms with Gasteiger partial charge in [-0.25, -0.2) is 0 Å². The van der Waals surface area contributed by atoms with E-state index < -0.39 is 0 Å². The Morgan fingerprint density at radius 1 is 1.13 bits per heavy atom. The third-order valence-electron chi connectivity index (χ3n) is 5.07. The summed E-state index contributed by atoms with van der Waals surface area (Å²) in [5.74, 6) is 1.66. The lowest BCUT2D eigenvalue weighted by atomic mass is 10.1. The van der Waals surface area contributed by atoms with E-state index in [0.29, 0.717) is 6.79 Å². The molecule has 3 heterocycles. The molecule has 6 nitrogen and oxygen atoms in total. The molecule has 3 aliphatic rings. The van der Waals surface area contributed by atoms with Crippen LogP contribution in [0.1, 0.15) is 11.1 Å². The quantitative estimate of drug-likeness (QED) is 0.880. The predicted molar refractivity (Wildman–Crippen MR) is 84.8 cm³/mol. The third kappa shape index (κ3) is 3.04. The van der Waals surface area contributed by atoms with Crippen molar-refractivity contribution in [1.82, 2.24) is 9.80 Å². The Morgan fingerprint density at radius 2 is 1.87 bits per heavy atom. The second-order valence-corrected chi connectivity index (χ2v) is 6.61. The molecule has 0 saturated carbocycles. The molecule has 2 fully saturated rings. The maximum atomic E-state index is 10.4. The lowest BCUT2D eigenvalue weighted by molar-refractivity contribution is -0.00618. The second kappa shape index (κ2) is 6.28. The standard InChI is InChI=1S/C17H24N2O4/c1-12-6-16-17(23-11-22-16)7-13(12)8-18-9-14(15(20)10-18)19-2-4-21-5-3-19/h6-7,14-15,20H,2-5,8-11H2,1H3/t14-,15-/m0/s1. The van der Waals surface area contributed by atoms with E-state index in [0.717, 1.165) is 57.4 Å². The average molecular weight is 320 g/mol. The monoisotopic (exact) mass is 320 g/mol. The number of hydrogen-bond donors (Lipinski definition) is 1. The van der Waals surface area contributed by atoms with Gasteiger partial charge in [-0.15, -0.1) is 0 Å². The number of likely N-dealkylation sites (tertiary alicyclic amines) is 1. The first kappa shape index (κ1) is 15.2. The SMILES string of the molecule is Cc1cc2c(cc1CN1C[C@H](O)[C@@H](N3CCOCC3)C1)OCO2. The Hall–Kier alpha value is -1.34. The number of benzene rings is 1. The van der Waals surface area contributed by atoms with E-state index in [4.69, 9.17) is 14.2 Å². The Labute approximate surface area is 136 Å². The zero-order valence-corrected chi connectivity index (χ0v) is 13.5. The largest absolute Gasteiger partial charge is 0.454 e. The molecule has 2 saturated heterocycles. The van der Waals surface area contributed by atoms with Crippen molar-refractivity contribution < 1.29 is 19.3 Å². The summed E-state index contributed by atoms with van der Waals surface area (Å²) in [5, 5.41) is 10.4. The van der Waals surface area contributed by atoms with Gasteiger partial charge in [-0.2, -0.15) is 0 Å². The zero-order chi connectivity index (χ0) is 15.8. The van der Waals surface area contributed by atoms with Crippen LogP contribution >= 0.6 is 0 Å². The van der Waals surface area contributed by atoms with Gasteiger partial charge in [0.15, 0.2) is 11.5 Å². The van der Waals surface area contributed by atoms with Crippen LogP contribution in [0.15, 0.2) is 12.1 Å².